The van der Waals surface area contributed by atoms with Crippen molar-refractivity contribution >= 4 is 23.5 Å². The molecule has 2 N–H and O–H groups in total. The molecule has 0 aliphatic heterocycles. The van der Waals surface area contributed by atoms with E-state index < -0.39 is 23.5 Å². The Labute approximate surface area is 127 Å². The second-order valence-electron chi connectivity index (χ2n) is 5.27. The number of carboxylic acids is 1. The van der Waals surface area contributed by atoms with Gasteiger partial charge in [0.1, 0.15) is 11.6 Å². The highest BCUT2D eigenvalue weighted by molar-refractivity contribution is 6.30. The molecule has 0 spiro atoms. The normalized spacial score (nSPS) is 12.8. The highest BCUT2D eigenvalue weighted by atomic mass is 35.5. The van der Waals surface area contributed by atoms with Crippen LogP contribution in [-0.4, -0.2) is 27.6 Å². The maximum Gasteiger partial charge on any atom is 0.326 e. The van der Waals surface area contributed by atoms with Gasteiger partial charge < -0.3 is 10.4 Å². The molecule has 1 aromatic heterocycles. The third-order valence-electron chi connectivity index (χ3n) is 3.21. The van der Waals surface area contributed by atoms with Crippen LogP contribution in [0.2, 0.25) is 5.02 Å². The minimum Gasteiger partial charge on any atom is -0.480 e. The lowest BCUT2D eigenvalue weighted by molar-refractivity contribution is -0.143. The Bertz CT molecular complexity index is 595. The number of rotatable bonds is 6. The largest absolute Gasteiger partial charge is 0.480 e. The smallest absolute Gasteiger partial charge is 0.326 e. The SMILES string of the molecule is CCCC(NC(=O)C(C)(C)n1cc(Cl)ccc1=O)C(=O)O. The molecule has 0 aliphatic rings. The first-order valence-corrected chi connectivity index (χ1v) is 7.00. The zero-order valence-electron chi connectivity index (χ0n) is 12.2. The summed E-state index contributed by atoms with van der Waals surface area (Å²) in [7, 11) is 0. The minimum absolute atomic E-state index is 0.318. The Morgan fingerprint density at radius 3 is 2.57 bits per heavy atom. The van der Waals surface area contributed by atoms with E-state index in [0.717, 1.165) is 0 Å². The molecular formula is C14H19ClN2O4. The standard InChI is InChI=1S/C14H19ClN2O4/c1-4-5-10(12(19)20)16-13(21)14(2,3)17-8-9(15)6-7-11(17)18/h6-8,10H,4-5H2,1-3H3,(H,16,21)(H,19,20). The van der Waals surface area contributed by atoms with E-state index in [1.165, 1.54) is 36.7 Å². The maximum absolute atomic E-state index is 12.3. The van der Waals surface area contributed by atoms with E-state index in [-0.39, 0.29) is 5.56 Å². The highest BCUT2D eigenvalue weighted by Crippen LogP contribution is 2.16. The van der Waals surface area contributed by atoms with Gasteiger partial charge in [0.05, 0.1) is 5.02 Å². The molecule has 0 bridgehead atoms. The van der Waals surface area contributed by atoms with E-state index in [1.54, 1.807) is 0 Å². The zero-order chi connectivity index (χ0) is 16.2. The molecule has 116 valence electrons. The molecule has 0 aliphatic carbocycles. The van der Waals surface area contributed by atoms with Gasteiger partial charge in [-0.05, 0) is 26.3 Å². The van der Waals surface area contributed by atoms with E-state index in [2.05, 4.69) is 5.32 Å². The van der Waals surface area contributed by atoms with Crippen LogP contribution in [0, 0.1) is 0 Å². The summed E-state index contributed by atoms with van der Waals surface area (Å²) < 4.78 is 1.19. The number of nitrogens with zero attached hydrogens (tertiary/aromatic N) is 1. The van der Waals surface area contributed by atoms with Gasteiger partial charge in [0.25, 0.3) is 5.56 Å². The Morgan fingerprint density at radius 2 is 2.05 bits per heavy atom. The molecule has 1 atom stereocenters. The summed E-state index contributed by atoms with van der Waals surface area (Å²) in [6.45, 7) is 4.89. The van der Waals surface area contributed by atoms with Crippen molar-refractivity contribution in [3.8, 4) is 0 Å². The monoisotopic (exact) mass is 314 g/mol. The molecule has 6 nitrogen and oxygen atoms in total. The number of carbonyl (C=O) groups is 2. The van der Waals surface area contributed by atoms with Gasteiger partial charge in [-0.1, -0.05) is 24.9 Å². The van der Waals surface area contributed by atoms with Crippen molar-refractivity contribution in [3.63, 3.8) is 0 Å². The van der Waals surface area contributed by atoms with Gasteiger partial charge in [-0.25, -0.2) is 4.79 Å². The molecule has 1 unspecified atom stereocenters. The molecule has 1 heterocycles. The highest BCUT2D eigenvalue weighted by Gasteiger charge is 2.33. The molecule has 1 rings (SSSR count). The van der Waals surface area contributed by atoms with Gasteiger partial charge in [-0.2, -0.15) is 0 Å². The number of aromatic nitrogens is 1. The van der Waals surface area contributed by atoms with E-state index in [1.807, 2.05) is 6.92 Å². The van der Waals surface area contributed by atoms with E-state index >= 15 is 0 Å². The number of amides is 1. The molecule has 0 saturated heterocycles. The van der Waals surface area contributed by atoms with Crippen molar-refractivity contribution in [3.05, 3.63) is 33.7 Å². The van der Waals surface area contributed by atoms with Gasteiger partial charge in [-0.15, -0.1) is 0 Å². The number of aliphatic carboxylic acids is 1. The van der Waals surface area contributed by atoms with Crippen LogP contribution in [0.25, 0.3) is 0 Å². The van der Waals surface area contributed by atoms with Crippen molar-refractivity contribution < 1.29 is 14.7 Å². The average Bonchev–Trinajstić information content (AvgIpc) is 2.40. The van der Waals surface area contributed by atoms with Crippen molar-refractivity contribution in [2.45, 2.75) is 45.2 Å². The Kier molecular flexibility index (Phi) is 5.54. The van der Waals surface area contributed by atoms with E-state index in [0.29, 0.717) is 17.9 Å². The van der Waals surface area contributed by atoms with Crippen LogP contribution in [0.4, 0.5) is 0 Å². The summed E-state index contributed by atoms with van der Waals surface area (Å²) >= 11 is 5.85. The van der Waals surface area contributed by atoms with Gasteiger partial charge in [-0.3, -0.25) is 14.2 Å². The molecule has 0 fully saturated rings. The van der Waals surface area contributed by atoms with Gasteiger partial charge in [0.2, 0.25) is 5.91 Å². The minimum atomic E-state index is -1.25. The van der Waals surface area contributed by atoms with Crippen LogP contribution in [0.3, 0.4) is 0 Å². The third-order valence-corrected chi connectivity index (χ3v) is 3.44. The van der Waals surface area contributed by atoms with Crippen LogP contribution >= 0.6 is 11.6 Å². The summed E-state index contributed by atoms with van der Waals surface area (Å²) in [6, 6.07) is 1.72. The number of pyridine rings is 1. The number of hydrogen-bond acceptors (Lipinski definition) is 3. The first-order chi connectivity index (χ1) is 9.70. The quantitative estimate of drug-likeness (QED) is 0.835. The fourth-order valence-corrected chi connectivity index (χ4v) is 2.05. The summed E-state index contributed by atoms with van der Waals surface area (Å²) in [5, 5.41) is 11.9. The van der Waals surface area contributed by atoms with Crippen molar-refractivity contribution in [1.82, 2.24) is 9.88 Å². The second kappa shape index (κ2) is 6.76. The van der Waals surface area contributed by atoms with Gasteiger partial charge in [0.15, 0.2) is 0 Å². The van der Waals surface area contributed by atoms with Gasteiger partial charge >= 0.3 is 5.97 Å². The lowest BCUT2D eigenvalue weighted by Crippen LogP contribution is -2.52. The van der Waals surface area contributed by atoms with Crippen LogP contribution in [-0.2, 0) is 15.1 Å². The Balaban J connectivity index is 3.06. The zero-order valence-corrected chi connectivity index (χ0v) is 13.0. The van der Waals surface area contributed by atoms with Crippen LogP contribution in [0.5, 0.6) is 0 Å². The van der Waals surface area contributed by atoms with Crippen LogP contribution < -0.4 is 10.9 Å². The number of carbonyl (C=O) groups excluding carboxylic acids is 1. The van der Waals surface area contributed by atoms with Crippen molar-refractivity contribution in [2.75, 3.05) is 0 Å². The number of nitrogens with one attached hydrogen (secondary N) is 1. The van der Waals surface area contributed by atoms with Crippen molar-refractivity contribution in [1.29, 1.82) is 0 Å². The average molecular weight is 315 g/mol. The topological polar surface area (TPSA) is 88.4 Å². The lowest BCUT2D eigenvalue weighted by Gasteiger charge is -2.28. The summed E-state index contributed by atoms with van der Waals surface area (Å²) in [6.07, 6.45) is 2.30. The number of carboxylic acid groups (broad SMARTS) is 1. The maximum atomic E-state index is 12.3. The first-order valence-electron chi connectivity index (χ1n) is 6.62. The Hall–Kier alpha value is -1.82. The van der Waals surface area contributed by atoms with Crippen LogP contribution in [0.1, 0.15) is 33.6 Å². The molecule has 0 radical (unpaired) electrons. The molecule has 0 saturated carbocycles. The predicted molar refractivity (Wildman–Crippen MR) is 79.5 cm³/mol. The van der Waals surface area contributed by atoms with Crippen molar-refractivity contribution in [2.24, 2.45) is 0 Å². The molecular weight excluding hydrogens is 296 g/mol. The fraction of sp³-hybridized carbons (Fsp3) is 0.500. The van der Waals surface area contributed by atoms with E-state index in [9.17, 15) is 14.4 Å². The van der Waals surface area contributed by atoms with E-state index in [4.69, 9.17) is 16.7 Å². The fourth-order valence-electron chi connectivity index (χ4n) is 1.89. The number of hydrogen-bond donors (Lipinski definition) is 2. The lowest BCUT2D eigenvalue weighted by atomic mass is 10.0. The summed E-state index contributed by atoms with van der Waals surface area (Å²) in [4.78, 5) is 35.3. The van der Waals surface area contributed by atoms with Crippen LogP contribution in [0.15, 0.2) is 23.1 Å². The predicted octanol–water partition coefficient (Wildman–Crippen LogP) is 1.61. The third kappa shape index (κ3) is 4.07. The molecule has 21 heavy (non-hydrogen) atoms. The first kappa shape index (κ1) is 17.2. The Morgan fingerprint density at radius 1 is 1.43 bits per heavy atom. The number of halogens is 1. The summed E-state index contributed by atoms with van der Waals surface area (Å²) in [5.41, 5.74) is -1.63. The van der Waals surface area contributed by atoms with Gasteiger partial charge in [0, 0.05) is 12.3 Å². The second-order valence-corrected chi connectivity index (χ2v) is 5.70. The molecule has 0 aromatic carbocycles. The summed E-state index contributed by atoms with van der Waals surface area (Å²) in [5.74, 6) is -1.65. The molecule has 1 aromatic rings. The molecule has 7 heteroatoms. The molecule has 1 amide bonds.